The largest absolute Gasteiger partial charge is 0.790 e. The number of amides is 2. The van der Waals surface area contributed by atoms with E-state index in [0.29, 0.717) is 48.5 Å². The number of H-pyrrole nitrogens is 1. The number of phosphoric acid groups is 3. The molecule has 8 rings (SSSR count). The van der Waals surface area contributed by atoms with Crippen LogP contribution in [0.2, 0.25) is 0 Å². The molecule has 3 aromatic heterocycles. The van der Waals surface area contributed by atoms with E-state index in [-0.39, 0.29) is 51.4 Å². The third-order valence-electron chi connectivity index (χ3n) is 16.2. The van der Waals surface area contributed by atoms with E-state index in [1.54, 1.807) is 30.4 Å². The third-order valence-corrected chi connectivity index (χ3v) is 20.7. The summed E-state index contributed by atoms with van der Waals surface area (Å²) < 4.78 is 82.9. The highest BCUT2D eigenvalue weighted by atomic mass is 35.5. The van der Waals surface area contributed by atoms with Crippen LogP contribution in [0.5, 0.6) is 0 Å². The molecule has 2 aromatic carbocycles. The zero-order valence-corrected chi connectivity index (χ0v) is 69.3. The number of nitrogens with one attached hydrogen (secondary N) is 5. The van der Waals surface area contributed by atoms with E-state index < -0.39 is 91.2 Å². The molecular formula is C70H111ClN15O20P3S-4. The number of halogens is 1. The van der Waals surface area contributed by atoms with Crippen LogP contribution in [0, 0.1) is 10.8 Å². The highest BCUT2D eigenvalue weighted by molar-refractivity contribution is 8.00. The van der Waals surface area contributed by atoms with Crippen molar-refractivity contribution in [2.24, 2.45) is 32.3 Å². The minimum Gasteiger partial charge on any atom is -0.790 e. The standard InChI is InChI=1S/C25H44N7O16P3S.C16H21N5O.C15H21N3O.C14H29ClO2/c1-24(2,3)52-9-8-27-15(33)6-7-28-22(36)19(35)25(4,5)11-45-51(42,43)48-50(40,41)44-10-14-18(47-49(37,38)39)17(34)23(46-14)32-13-31-16-20(26)29-12-30-21(16)32;1-16(2,3)11-6-4-10(5-7-11)8-22-14-12-13(19-9-18-12)20-15(17)21-14;1-15(2,3)12-6-4-11(5-7-12)10-19-14-17-9-8-13(16)18-14;1-14(2,3)8-11-17-13-12-16-10-7-5-4-6-9-15/h12-14,17-19,23,34-35H,6-11H2,1-5H3,(H,27,33)(H,28,36)(H,40,41)(H,42,43)(H2,26,29,30)(H2,37,38,39);4-7,9,14H,8H2,1-3H3,(H,18,19)(H3,17,20,21);4-9,14,17H,10H2,1-3H3,(H2,16,18);4-13H2,1-3H3/p-4/t14-,17?,18+,19?,23-;;;/m1.../s1. The van der Waals surface area contributed by atoms with Crippen molar-refractivity contribution in [1.82, 2.24) is 45.4 Å². The molecule has 0 saturated carbocycles. The topological polar surface area (TPSA) is 524 Å². The number of aliphatic hydroxyl groups is 2. The molecule has 3 aliphatic rings. The Kier molecular flexibility index (Phi) is 37.3. The maximum Gasteiger partial charge on any atom is 0.274 e. The summed E-state index contributed by atoms with van der Waals surface area (Å²) >= 11 is 7.25. The number of nitrogen functional groups attached to an aromatic ring is 1. The van der Waals surface area contributed by atoms with Gasteiger partial charge in [-0.05, 0) is 63.8 Å². The zero-order chi connectivity index (χ0) is 81.9. The summed E-state index contributed by atoms with van der Waals surface area (Å²) in [6.45, 7) is 30.6. The Morgan fingerprint density at radius 2 is 1.36 bits per heavy atom. The fourth-order valence-corrected chi connectivity index (χ4v) is 13.7. The Hall–Kier alpha value is -6.05. The van der Waals surface area contributed by atoms with Gasteiger partial charge in [0.1, 0.15) is 47.8 Å². The molecular weight excluding hydrogens is 1530 g/mol. The highest BCUT2D eigenvalue weighted by Crippen LogP contribution is 2.57. The van der Waals surface area contributed by atoms with Gasteiger partial charge in [0.25, 0.3) is 15.6 Å². The number of thioether (sulfide) groups is 1. The van der Waals surface area contributed by atoms with E-state index in [1.165, 1.54) is 37.8 Å². The summed E-state index contributed by atoms with van der Waals surface area (Å²) in [7, 11) is -17.5. The number of nitrogens with two attached hydrogens (primary N) is 3. The minimum absolute atomic E-state index is 0.0127. The number of unbranched alkanes of at least 4 members (excludes halogenated alkanes) is 3. The summed E-state index contributed by atoms with van der Waals surface area (Å²) in [6, 6.07) is 16.9. The lowest BCUT2D eigenvalue weighted by atomic mass is 9.87. The molecule has 9 atom stereocenters. The fourth-order valence-electron chi connectivity index (χ4n) is 9.94. The predicted octanol–water partition coefficient (Wildman–Crippen LogP) is 6.58. The molecule has 0 bridgehead atoms. The number of carbonyl (C=O) groups excluding carboxylic acids is 2. The number of imidazole rings is 2. The number of aliphatic imine (C=N–C) groups is 2. The van der Waals surface area contributed by atoms with Crippen LogP contribution < -0.4 is 58.0 Å². The van der Waals surface area contributed by atoms with Crippen LogP contribution in [0.15, 0.2) is 89.8 Å². The van der Waals surface area contributed by atoms with Crippen LogP contribution in [0.1, 0.15) is 176 Å². The Morgan fingerprint density at radius 1 is 0.755 bits per heavy atom. The molecule has 110 heavy (non-hydrogen) atoms. The summed E-state index contributed by atoms with van der Waals surface area (Å²) in [5.41, 5.74) is 21.8. The molecule has 3 aliphatic heterocycles. The van der Waals surface area contributed by atoms with Crippen molar-refractivity contribution in [3.8, 4) is 0 Å². The number of benzene rings is 2. The first-order valence-electron chi connectivity index (χ1n) is 35.7. The second kappa shape index (κ2) is 43.4. The molecule has 6 unspecified atom stereocenters. The van der Waals surface area contributed by atoms with E-state index in [0.717, 1.165) is 85.6 Å². The minimum atomic E-state index is -5.89. The summed E-state index contributed by atoms with van der Waals surface area (Å²) in [6.07, 6.45) is 2.61. The number of hydrogen-bond donors (Lipinski definition) is 10. The van der Waals surface area contributed by atoms with Gasteiger partial charge >= 0.3 is 0 Å². The number of rotatable bonds is 36. The zero-order valence-electron chi connectivity index (χ0n) is 65.0. The molecule has 618 valence electrons. The SMILES string of the molecule is CC(C)(C)CCOCCOCCCCCCCl.CC(C)(C)SCCNC(=O)CCNC(=O)C(O)C(C)(C)COP(=O)([O-])OP(=O)([O-])OC[C@H]1O[C@@H](n2cnc3c(N)ncnc32)C(O)[C@H]1OP(=O)([O-])[O-].CC(C)(C)c1ccc(COC2N=C(N)C=CN2)cc1.CC(C)(C)c1ccc(COC2N=C(N)Nc3nc[nH]c32)cc1. The number of ether oxygens (including phenoxy) is 5. The Labute approximate surface area is 653 Å². The van der Waals surface area contributed by atoms with Crippen molar-refractivity contribution >= 4 is 93.2 Å². The van der Waals surface area contributed by atoms with Gasteiger partial charge in [-0.3, -0.25) is 23.3 Å². The van der Waals surface area contributed by atoms with Crippen molar-refractivity contribution in [2.45, 2.75) is 207 Å². The lowest BCUT2D eigenvalue weighted by Crippen LogP contribution is -2.46. The van der Waals surface area contributed by atoms with Gasteiger partial charge in [-0.25, -0.2) is 34.2 Å². The summed E-state index contributed by atoms with van der Waals surface area (Å²) in [5, 5.41) is 32.2. The quantitative estimate of drug-likeness (QED) is 0.0115. The predicted molar refractivity (Wildman–Crippen MR) is 412 cm³/mol. The first-order chi connectivity index (χ1) is 51.2. The first-order valence-corrected chi connectivity index (χ1v) is 41.6. The number of guanidine groups is 1. The normalized spacial score (nSPS) is 19.4. The van der Waals surface area contributed by atoms with Gasteiger partial charge in [0, 0.05) is 60.7 Å². The van der Waals surface area contributed by atoms with Crippen molar-refractivity contribution < 1.29 is 94.6 Å². The number of carbonyl (C=O) groups is 2. The number of nitrogens with zero attached hydrogens (tertiary/aromatic N) is 7. The van der Waals surface area contributed by atoms with Crippen LogP contribution in [-0.2, 0) is 88.9 Å². The second-order valence-electron chi connectivity index (χ2n) is 30.7. The average Bonchev–Trinajstić information content (AvgIpc) is 1.61. The number of aromatic nitrogens is 6. The van der Waals surface area contributed by atoms with Gasteiger partial charge in [-0.2, -0.15) is 11.8 Å². The maximum atomic E-state index is 12.5. The molecule has 6 heterocycles. The number of amidine groups is 1. The lowest BCUT2D eigenvalue weighted by Gasteiger charge is -2.36. The van der Waals surface area contributed by atoms with Gasteiger partial charge in [0.15, 0.2) is 35.7 Å². The summed E-state index contributed by atoms with van der Waals surface area (Å²) in [5.74, 6) is 1.53. The van der Waals surface area contributed by atoms with Gasteiger partial charge in [0.05, 0.1) is 60.1 Å². The Bertz CT molecular complexity index is 3900. The van der Waals surface area contributed by atoms with Crippen molar-refractivity contribution in [3.63, 3.8) is 0 Å². The van der Waals surface area contributed by atoms with Crippen LogP contribution in [-0.4, -0.2) is 163 Å². The molecule has 35 nitrogen and oxygen atoms in total. The smallest absolute Gasteiger partial charge is 0.274 e. The Morgan fingerprint density at radius 3 is 1.95 bits per heavy atom. The van der Waals surface area contributed by atoms with E-state index in [1.807, 2.05) is 20.8 Å². The summed E-state index contributed by atoms with van der Waals surface area (Å²) in [4.78, 5) is 99.4. The molecule has 13 N–H and O–H groups in total. The highest BCUT2D eigenvalue weighted by Gasteiger charge is 2.48. The third kappa shape index (κ3) is 34.7. The van der Waals surface area contributed by atoms with Gasteiger partial charge in [0.2, 0.25) is 18.2 Å². The number of alkyl halides is 1. The van der Waals surface area contributed by atoms with E-state index >= 15 is 0 Å². The van der Waals surface area contributed by atoms with Gasteiger partial charge in [-0.1, -0.05) is 158 Å². The van der Waals surface area contributed by atoms with Crippen molar-refractivity contribution in [3.05, 3.63) is 108 Å². The van der Waals surface area contributed by atoms with Crippen LogP contribution in [0.3, 0.4) is 0 Å². The molecule has 40 heteroatoms. The number of aromatic amines is 1. The molecule has 2 amide bonds. The monoisotopic (exact) mass is 1640 g/mol. The molecule has 0 spiro atoms. The number of hydrogen-bond acceptors (Lipinski definition) is 32. The Balaban J connectivity index is 0.000000303. The number of fused-ring (bicyclic) bond motifs is 2. The van der Waals surface area contributed by atoms with Gasteiger partial charge in [-0.15, -0.1) is 11.6 Å². The average molecular weight is 1640 g/mol. The second-order valence-corrected chi connectivity index (χ2v) is 37.0. The molecule has 0 aliphatic carbocycles. The van der Waals surface area contributed by atoms with Crippen molar-refractivity contribution in [2.75, 3.05) is 75.4 Å². The number of anilines is 2. The molecule has 5 aromatic rings. The van der Waals surface area contributed by atoms with E-state index in [4.69, 9.17) is 52.5 Å². The lowest BCUT2D eigenvalue weighted by molar-refractivity contribution is -0.347. The van der Waals surface area contributed by atoms with Crippen molar-refractivity contribution in [1.29, 1.82) is 0 Å². The molecule has 0 radical (unpaired) electrons. The van der Waals surface area contributed by atoms with Crippen LogP contribution in [0.4, 0.5) is 11.6 Å². The molecule has 1 fully saturated rings. The fraction of sp³-hybridized carbons (Fsp3) is 0.629. The van der Waals surface area contributed by atoms with E-state index in [2.05, 4.69) is 185 Å². The first kappa shape index (κ1) is 94.5. The number of phosphoric ester groups is 3. The van der Waals surface area contributed by atoms with Crippen LogP contribution >= 0.6 is 46.8 Å². The number of aliphatic hydroxyl groups excluding tert-OH is 2. The van der Waals surface area contributed by atoms with Crippen LogP contribution in [0.25, 0.3) is 11.2 Å². The molecule has 1 saturated heterocycles. The van der Waals surface area contributed by atoms with Gasteiger partial charge < -0.3 is 115 Å². The maximum absolute atomic E-state index is 12.5. The van der Waals surface area contributed by atoms with E-state index in [9.17, 15) is 53.1 Å².